The molecular weight excluding hydrogens is 381 g/mol. The Labute approximate surface area is 160 Å². The number of benzene rings is 2. The highest BCUT2D eigenvalue weighted by molar-refractivity contribution is 7.99. The Morgan fingerprint density at radius 1 is 1.16 bits per heavy atom. The predicted octanol–water partition coefficient (Wildman–Crippen LogP) is 5.21. The summed E-state index contributed by atoms with van der Waals surface area (Å²) in [6, 6.07) is 10.5. The van der Waals surface area contributed by atoms with Crippen molar-refractivity contribution in [1.29, 1.82) is 0 Å². The lowest BCUT2D eigenvalue weighted by Gasteiger charge is -2.12. The molecule has 0 saturated heterocycles. The maximum absolute atomic E-state index is 12.2. The minimum Gasteiger partial charge on any atom is -0.452 e. The SMILES string of the molecule is CCSc1ccccc1C(=O)OCC(=O)Nc1c(Cl)ccc(C)c1Cl. The Morgan fingerprint density at radius 3 is 2.60 bits per heavy atom. The van der Waals surface area contributed by atoms with Crippen LogP contribution in [0.5, 0.6) is 0 Å². The Kier molecular flexibility index (Phi) is 7.17. The third-order valence-electron chi connectivity index (χ3n) is 3.29. The van der Waals surface area contributed by atoms with Gasteiger partial charge in [0.1, 0.15) is 0 Å². The molecule has 4 nitrogen and oxygen atoms in total. The number of ether oxygens (including phenoxy) is 1. The number of rotatable bonds is 6. The van der Waals surface area contributed by atoms with Crippen LogP contribution in [0.3, 0.4) is 0 Å². The lowest BCUT2D eigenvalue weighted by Crippen LogP contribution is -2.21. The van der Waals surface area contributed by atoms with Crippen LogP contribution in [-0.2, 0) is 9.53 Å². The molecule has 2 aromatic rings. The van der Waals surface area contributed by atoms with E-state index < -0.39 is 18.5 Å². The number of halogens is 2. The van der Waals surface area contributed by atoms with E-state index in [9.17, 15) is 9.59 Å². The van der Waals surface area contributed by atoms with Gasteiger partial charge in [0.25, 0.3) is 5.91 Å². The summed E-state index contributed by atoms with van der Waals surface area (Å²) in [7, 11) is 0. The van der Waals surface area contributed by atoms with E-state index in [0.29, 0.717) is 21.3 Å². The lowest BCUT2D eigenvalue weighted by molar-refractivity contribution is -0.119. The number of thioether (sulfide) groups is 1. The maximum Gasteiger partial charge on any atom is 0.339 e. The number of amides is 1. The normalized spacial score (nSPS) is 10.4. The molecule has 1 amide bonds. The van der Waals surface area contributed by atoms with Crippen molar-refractivity contribution in [3.63, 3.8) is 0 Å². The van der Waals surface area contributed by atoms with Gasteiger partial charge in [-0.25, -0.2) is 4.79 Å². The topological polar surface area (TPSA) is 55.4 Å². The molecule has 2 rings (SSSR count). The molecule has 0 saturated carbocycles. The van der Waals surface area contributed by atoms with Gasteiger partial charge in [-0.1, -0.05) is 48.3 Å². The molecule has 7 heteroatoms. The van der Waals surface area contributed by atoms with E-state index in [1.165, 1.54) is 11.8 Å². The molecule has 25 heavy (non-hydrogen) atoms. The van der Waals surface area contributed by atoms with Gasteiger partial charge in [0.15, 0.2) is 6.61 Å². The van der Waals surface area contributed by atoms with E-state index in [1.54, 1.807) is 31.2 Å². The van der Waals surface area contributed by atoms with Gasteiger partial charge in [-0.05, 0) is 36.4 Å². The number of carbonyl (C=O) groups is 2. The van der Waals surface area contributed by atoms with Gasteiger partial charge in [0.05, 0.1) is 21.3 Å². The molecule has 0 atom stereocenters. The maximum atomic E-state index is 12.2. The Bertz CT molecular complexity index is 796. The molecule has 0 aliphatic rings. The second kappa shape index (κ2) is 9.13. The van der Waals surface area contributed by atoms with Crippen LogP contribution in [0.1, 0.15) is 22.8 Å². The molecule has 1 N–H and O–H groups in total. The van der Waals surface area contributed by atoms with Gasteiger partial charge < -0.3 is 10.1 Å². The largest absolute Gasteiger partial charge is 0.452 e. The average molecular weight is 398 g/mol. The summed E-state index contributed by atoms with van der Waals surface area (Å²) in [6.45, 7) is 3.37. The number of esters is 1. The van der Waals surface area contributed by atoms with Crippen LogP contribution in [0.2, 0.25) is 10.0 Å². The zero-order chi connectivity index (χ0) is 18.4. The number of aryl methyl sites for hydroxylation is 1. The van der Waals surface area contributed by atoms with E-state index in [1.807, 2.05) is 19.1 Å². The smallest absolute Gasteiger partial charge is 0.339 e. The summed E-state index contributed by atoms with van der Waals surface area (Å²) in [4.78, 5) is 25.1. The zero-order valence-electron chi connectivity index (χ0n) is 13.8. The minimum atomic E-state index is -0.548. The second-order valence-electron chi connectivity index (χ2n) is 5.11. The van der Waals surface area contributed by atoms with Gasteiger partial charge in [0.2, 0.25) is 0 Å². The number of anilines is 1. The fourth-order valence-electron chi connectivity index (χ4n) is 2.07. The standard InChI is InChI=1S/C18H17Cl2NO3S/c1-3-25-14-7-5-4-6-12(14)18(23)24-10-15(22)21-17-13(19)9-8-11(2)16(17)20/h4-9H,3,10H2,1-2H3,(H,21,22). The highest BCUT2D eigenvalue weighted by Crippen LogP contribution is 2.32. The van der Waals surface area contributed by atoms with E-state index in [4.69, 9.17) is 27.9 Å². The van der Waals surface area contributed by atoms with Crippen LogP contribution >= 0.6 is 35.0 Å². The van der Waals surface area contributed by atoms with Crippen LogP contribution in [0, 0.1) is 6.92 Å². The molecule has 2 aromatic carbocycles. The molecule has 0 spiro atoms. The van der Waals surface area contributed by atoms with Crippen molar-refractivity contribution >= 4 is 52.5 Å². The number of carbonyl (C=O) groups excluding carboxylic acids is 2. The monoisotopic (exact) mass is 397 g/mol. The molecule has 0 aliphatic heterocycles. The molecule has 0 radical (unpaired) electrons. The molecule has 0 aromatic heterocycles. The van der Waals surface area contributed by atoms with Crippen molar-refractivity contribution in [3.8, 4) is 0 Å². The first-order valence-corrected chi connectivity index (χ1v) is 9.31. The fourth-order valence-corrected chi connectivity index (χ4v) is 3.33. The molecule has 0 aliphatic carbocycles. The summed E-state index contributed by atoms with van der Waals surface area (Å²) >= 11 is 13.7. The van der Waals surface area contributed by atoms with Crippen LogP contribution in [-0.4, -0.2) is 24.2 Å². The lowest BCUT2D eigenvalue weighted by atomic mass is 10.2. The Hall–Kier alpha value is -1.69. The molecule has 0 fully saturated rings. The molecule has 0 bridgehead atoms. The number of hydrogen-bond acceptors (Lipinski definition) is 4. The van der Waals surface area contributed by atoms with E-state index in [-0.39, 0.29) is 0 Å². The van der Waals surface area contributed by atoms with Crippen LogP contribution < -0.4 is 5.32 Å². The zero-order valence-corrected chi connectivity index (χ0v) is 16.1. The van der Waals surface area contributed by atoms with Crippen molar-refractivity contribution in [1.82, 2.24) is 0 Å². The van der Waals surface area contributed by atoms with Gasteiger partial charge in [-0.15, -0.1) is 11.8 Å². The average Bonchev–Trinajstić information content (AvgIpc) is 2.61. The van der Waals surface area contributed by atoms with Crippen molar-refractivity contribution < 1.29 is 14.3 Å². The predicted molar refractivity (Wildman–Crippen MR) is 103 cm³/mol. The third kappa shape index (κ3) is 5.14. The van der Waals surface area contributed by atoms with E-state index in [0.717, 1.165) is 16.2 Å². The highest BCUT2D eigenvalue weighted by atomic mass is 35.5. The first-order chi connectivity index (χ1) is 11.9. The summed E-state index contributed by atoms with van der Waals surface area (Å²) in [6.07, 6.45) is 0. The highest BCUT2D eigenvalue weighted by Gasteiger charge is 2.16. The van der Waals surface area contributed by atoms with E-state index in [2.05, 4.69) is 5.32 Å². The van der Waals surface area contributed by atoms with Gasteiger partial charge >= 0.3 is 5.97 Å². The van der Waals surface area contributed by atoms with Crippen molar-refractivity contribution in [2.45, 2.75) is 18.7 Å². The first kappa shape index (κ1) is 19.6. The summed E-state index contributed by atoms with van der Waals surface area (Å²) in [5.41, 5.74) is 1.53. The third-order valence-corrected chi connectivity index (χ3v) is 5.05. The second-order valence-corrected chi connectivity index (χ2v) is 7.20. The molecule has 0 heterocycles. The van der Waals surface area contributed by atoms with Crippen molar-refractivity contribution in [2.24, 2.45) is 0 Å². The van der Waals surface area contributed by atoms with Gasteiger partial charge in [0, 0.05) is 4.90 Å². The molecule has 132 valence electrons. The number of nitrogens with one attached hydrogen (secondary N) is 1. The quantitative estimate of drug-likeness (QED) is 0.536. The van der Waals surface area contributed by atoms with Gasteiger partial charge in [-0.2, -0.15) is 0 Å². The van der Waals surface area contributed by atoms with Crippen LogP contribution in [0.15, 0.2) is 41.3 Å². The minimum absolute atomic E-state index is 0.311. The number of hydrogen-bond donors (Lipinski definition) is 1. The fraction of sp³-hybridized carbons (Fsp3) is 0.222. The molecular formula is C18H17Cl2NO3S. The van der Waals surface area contributed by atoms with E-state index >= 15 is 0 Å². The van der Waals surface area contributed by atoms with Crippen molar-refractivity contribution in [3.05, 3.63) is 57.6 Å². The summed E-state index contributed by atoms with van der Waals surface area (Å²) in [5, 5.41) is 3.26. The van der Waals surface area contributed by atoms with Crippen LogP contribution in [0.4, 0.5) is 5.69 Å². The summed E-state index contributed by atoms with van der Waals surface area (Å²) < 4.78 is 5.11. The van der Waals surface area contributed by atoms with Crippen molar-refractivity contribution in [2.75, 3.05) is 17.7 Å². The van der Waals surface area contributed by atoms with Crippen LogP contribution in [0.25, 0.3) is 0 Å². The van der Waals surface area contributed by atoms with Gasteiger partial charge in [-0.3, -0.25) is 4.79 Å². The Balaban J connectivity index is 2.01. The Morgan fingerprint density at radius 2 is 1.88 bits per heavy atom. The summed E-state index contributed by atoms with van der Waals surface area (Å²) in [5.74, 6) is -0.230. The molecule has 0 unspecified atom stereocenters. The first-order valence-electron chi connectivity index (χ1n) is 7.57.